The summed E-state index contributed by atoms with van der Waals surface area (Å²) >= 11 is 1.42. The average molecular weight is 223 g/mol. The Morgan fingerprint density at radius 2 is 2.33 bits per heavy atom. The molecule has 0 radical (unpaired) electrons. The molecule has 2 N–H and O–H groups in total. The van der Waals surface area contributed by atoms with E-state index in [0.29, 0.717) is 17.1 Å². The third-order valence-electron chi connectivity index (χ3n) is 2.08. The van der Waals surface area contributed by atoms with Gasteiger partial charge in [0.25, 0.3) is 0 Å². The molecule has 78 valence electrons. The van der Waals surface area contributed by atoms with E-state index >= 15 is 0 Å². The highest BCUT2D eigenvalue weighted by atomic mass is 32.1. The zero-order chi connectivity index (χ0) is 10.8. The van der Waals surface area contributed by atoms with Crippen molar-refractivity contribution in [3.05, 3.63) is 34.8 Å². The van der Waals surface area contributed by atoms with Gasteiger partial charge in [-0.15, -0.1) is 11.3 Å². The van der Waals surface area contributed by atoms with Crippen LogP contribution in [0.15, 0.2) is 18.5 Å². The van der Waals surface area contributed by atoms with Crippen LogP contribution in [0.25, 0.3) is 10.6 Å². The quantitative estimate of drug-likeness (QED) is 0.848. The lowest BCUT2D eigenvalue weighted by molar-refractivity contribution is 0.625. The number of hydrogen-bond donors (Lipinski definition) is 1. The second-order valence-corrected chi connectivity index (χ2v) is 4.17. The van der Waals surface area contributed by atoms with Gasteiger partial charge in [0.05, 0.1) is 11.9 Å². The molecule has 2 heterocycles. The van der Waals surface area contributed by atoms with Crippen LogP contribution in [-0.4, -0.2) is 9.97 Å². The largest absolute Gasteiger partial charge is 0.326 e. The van der Waals surface area contributed by atoms with Crippen LogP contribution in [0.3, 0.4) is 0 Å². The zero-order valence-electron chi connectivity index (χ0n) is 8.20. The number of pyridine rings is 1. The van der Waals surface area contributed by atoms with Crippen molar-refractivity contribution in [2.45, 2.75) is 13.5 Å². The highest BCUT2D eigenvalue weighted by Gasteiger charge is 2.11. The van der Waals surface area contributed by atoms with E-state index in [1.807, 2.05) is 6.92 Å². The molecule has 0 aliphatic heterocycles. The van der Waals surface area contributed by atoms with E-state index in [0.717, 1.165) is 10.6 Å². The molecular formula is C10H10FN3S. The lowest BCUT2D eigenvalue weighted by Gasteiger charge is -1.95. The van der Waals surface area contributed by atoms with Crippen molar-refractivity contribution in [2.75, 3.05) is 0 Å². The van der Waals surface area contributed by atoms with Gasteiger partial charge in [0, 0.05) is 23.2 Å². The zero-order valence-corrected chi connectivity index (χ0v) is 9.01. The summed E-state index contributed by atoms with van der Waals surface area (Å²) in [4.78, 5) is 8.97. The predicted molar refractivity (Wildman–Crippen MR) is 57.9 cm³/mol. The first-order valence-corrected chi connectivity index (χ1v) is 5.30. The number of halogens is 1. The summed E-state index contributed by atoms with van der Waals surface area (Å²) in [6, 6.07) is 1.62. The van der Waals surface area contributed by atoms with Gasteiger partial charge in [-0.3, -0.25) is 4.98 Å². The Hall–Kier alpha value is -1.33. The van der Waals surface area contributed by atoms with E-state index in [4.69, 9.17) is 5.73 Å². The van der Waals surface area contributed by atoms with Crippen LogP contribution in [0, 0.1) is 12.7 Å². The van der Waals surface area contributed by atoms with Gasteiger partial charge in [0.15, 0.2) is 5.82 Å². The lowest BCUT2D eigenvalue weighted by atomic mass is 10.3. The highest BCUT2D eigenvalue weighted by molar-refractivity contribution is 7.15. The van der Waals surface area contributed by atoms with Gasteiger partial charge in [-0.1, -0.05) is 0 Å². The second-order valence-electron chi connectivity index (χ2n) is 3.09. The summed E-state index contributed by atoms with van der Waals surface area (Å²) in [5.74, 6) is -0.352. The van der Waals surface area contributed by atoms with Gasteiger partial charge in [0.1, 0.15) is 5.01 Å². The molecule has 0 aromatic carbocycles. The van der Waals surface area contributed by atoms with E-state index in [9.17, 15) is 4.39 Å². The van der Waals surface area contributed by atoms with Gasteiger partial charge < -0.3 is 5.73 Å². The number of nitrogens with zero attached hydrogens (tertiary/aromatic N) is 2. The Morgan fingerprint density at radius 3 is 2.93 bits per heavy atom. The Kier molecular flexibility index (Phi) is 2.75. The normalized spacial score (nSPS) is 10.6. The Balaban J connectivity index is 2.50. The van der Waals surface area contributed by atoms with Crippen molar-refractivity contribution in [2.24, 2.45) is 5.73 Å². The maximum atomic E-state index is 13.4. The average Bonchev–Trinajstić information content (AvgIpc) is 2.60. The van der Waals surface area contributed by atoms with Crippen LogP contribution >= 0.6 is 11.3 Å². The van der Waals surface area contributed by atoms with Crippen molar-refractivity contribution < 1.29 is 4.39 Å². The second kappa shape index (κ2) is 4.04. The Morgan fingerprint density at radius 1 is 1.53 bits per heavy atom. The molecule has 0 bridgehead atoms. The first kappa shape index (κ1) is 10.2. The SMILES string of the molecule is Cc1nc(-c2ccncc2F)sc1CN. The summed E-state index contributed by atoms with van der Waals surface area (Å²) in [6.45, 7) is 2.32. The minimum absolute atomic E-state index is 0.352. The Labute approximate surface area is 90.8 Å². The van der Waals surface area contributed by atoms with Crippen LogP contribution in [-0.2, 0) is 6.54 Å². The van der Waals surface area contributed by atoms with Crippen molar-refractivity contribution >= 4 is 11.3 Å². The van der Waals surface area contributed by atoms with E-state index in [2.05, 4.69) is 9.97 Å². The van der Waals surface area contributed by atoms with Crippen LogP contribution in [0.2, 0.25) is 0 Å². The van der Waals surface area contributed by atoms with Crippen molar-refractivity contribution in [1.29, 1.82) is 0 Å². The van der Waals surface area contributed by atoms with E-state index in [-0.39, 0.29) is 5.82 Å². The summed E-state index contributed by atoms with van der Waals surface area (Å²) in [5, 5.41) is 0.660. The molecule has 2 rings (SSSR count). The van der Waals surface area contributed by atoms with Crippen LogP contribution in [0.5, 0.6) is 0 Å². The topological polar surface area (TPSA) is 51.8 Å². The van der Waals surface area contributed by atoms with E-state index in [1.165, 1.54) is 17.5 Å². The third-order valence-corrected chi connectivity index (χ3v) is 3.29. The monoisotopic (exact) mass is 223 g/mol. The van der Waals surface area contributed by atoms with Crippen molar-refractivity contribution in [1.82, 2.24) is 9.97 Å². The molecule has 5 heteroatoms. The predicted octanol–water partition coefficient (Wildman–Crippen LogP) is 2.11. The lowest BCUT2D eigenvalue weighted by Crippen LogP contribution is -1.94. The van der Waals surface area contributed by atoms with E-state index < -0.39 is 0 Å². The molecule has 0 amide bonds. The molecular weight excluding hydrogens is 213 g/mol. The number of aryl methyl sites for hydroxylation is 1. The van der Waals surface area contributed by atoms with Crippen LogP contribution in [0.1, 0.15) is 10.6 Å². The van der Waals surface area contributed by atoms with Crippen LogP contribution in [0.4, 0.5) is 4.39 Å². The Bertz CT molecular complexity index is 481. The van der Waals surface area contributed by atoms with Crippen LogP contribution < -0.4 is 5.73 Å². The fourth-order valence-electron chi connectivity index (χ4n) is 1.28. The molecule has 0 saturated carbocycles. The summed E-state index contributed by atoms with van der Waals surface area (Å²) in [7, 11) is 0. The van der Waals surface area contributed by atoms with Gasteiger partial charge in [0.2, 0.25) is 0 Å². The molecule has 0 spiro atoms. The molecule has 0 aliphatic carbocycles. The molecule has 0 fully saturated rings. The first-order chi connectivity index (χ1) is 7.22. The van der Waals surface area contributed by atoms with Crippen molar-refractivity contribution in [3.63, 3.8) is 0 Å². The van der Waals surface area contributed by atoms with Gasteiger partial charge in [-0.25, -0.2) is 9.37 Å². The fraction of sp³-hybridized carbons (Fsp3) is 0.200. The molecule has 3 nitrogen and oxygen atoms in total. The number of thiazole rings is 1. The standard InChI is InChI=1S/C10H10FN3S/c1-6-9(4-12)15-10(14-6)7-2-3-13-5-8(7)11/h2-3,5H,4,12H2,1H3. The molecule has 0 aliphatic rings. The molecule has 0 atom stereocenters. The fourth-order valence-corrected chi connectivity index (χ4v) is 2.25. The minimum atomic E-state index is -0.352. The maximum Gasteiger partial charge on any atom is 0.151 e. The molecule has 2 aromatic heterocycles. The third kappa shape index (κ3) is 1.88. The molecule has 0 saturated heterocycles. The number of aromatic nitrogens is 2. The summed E-state index contributed by atoms with van der Waals surface area (Å²) in [5.41, 5.74) is 6.90. The number of hydrogen-bond acceptors (Lipinski definition) is 4. The van der Waals surface area contributed by atoms with Gasteiger partial charge in [-0.2, -0.15) is 0 Å². The highest BCUT2D eigenvalue weighted by Crippen LogP contribution is 2.28. The number of rotatable bonds is 2. The minimum Gasteiger partial charge on any atom is -0.326 e. The smallest absolute Gasteiger partial charge is 0.151 e. The van der Waals surface area contributed by atoms with E-state index in [1.54, 1.807) is 12.3 Å². The molecule has 2 aromatic rings. The van der Waals surface area contributed by atoms with Gasteiger partial charge >= 0.3 is 0 Å². The maximum absolute atomic E-state index is 13.4. The van der Waals surface area contributed by atoms with Crippen molar-refractivity contribution in [3.8, 4) is 10.6 Å². The number of nitrogens with two attached hydrogens (primary N) is 1. The summed E-state index contributed by atoms with van der Waals surface area (Å²) < 4.78 is 13.4. The molecule has 15 heavy (non-hydrogen) atoms. The molecule has 0 unspecified atom stereocenters. The summed E-state index contributed by atoms with van der Waals surface area (Å²) in [6.07, 6.45) is 2.74. The first-order valence-electron chi connectivity index (χ1n) is 4.48. The van der Waals surface area contributed by atoms with Gasteiger partial charge in [-0.05, 0) is 13.0 Å².